The lowest BCUT2D eigenvalue weighted by Crippen LogP contribution is -2.35. The van der Waals surface area contributed by atoms with Gasteiger partial charge < -0.3 is 10.8 Å². The highest BCUT2D eigenvalue weighted by molar-refractivity contribution is 7.88. The van der Waals surface area contributed by atoms with E-state index < -0.39 is 10.0 Å². The van der Waals surface area contributed by atoms with Crippen molar-refractivity contribution in [2.24, 2.45) is 0 Å². The minimum absolute atomic E-state index is 0.0776. The second-order valence-corrected chi connectivity index (χ2v) is 7.15. The van der Waals surface area contributed by atoms with E-state index in [-0.39, 0.29) is 18.9 Å². The van der Waals surface area contributed by atoms with Gasteiger partial charge in [-0.1, -0.05) is 38.3 Å². The minimum Gasteiger partial charge on any atom is -0.399 e. The van der Waals surface area contributed by atoms with Crippen LogP contribution in [-0.4, -0.2) is 37.5 Å². The second kappa shape index (κ2) is 9.02. The molecular weight excluding hydrogens is 288 g/mol. The van der Waals surface area contributed by atoms with Gasteiger partial charge in [-0.05, 0) is 24.1 Å². The average Bonchev–Trinajstić information content (AvgIpc) is 2.41. The first kappa shape index (κ1) is 17.9. The molecule has 3 N–H and O–H groups in total. The third-order valence-corrected chi connectivity index (χ3v) is 5.15. The standard InChI is InChI=1S/C15H26N2O3S/c1-2-3-4-5-9-17(10-11-18)21(19,20)13-14-7-6-8-15(16)12-14/h6-8,12,18H,2-5,9-11,13,16H2,1H3. The van der Waals surface area contributed by atoms with Gasteiger partial charge in [0, 0.05) is 18.8 Å². The number of nitrogens with zero attached hydrogens (tertiary/aromatic N) is 1. The number of hydrogen-bond acceptors (Lipinski definition) is 4. The zero-order valence-electron chi connectivity index (χ0n) is 12.7. The van der Waals surface area contributed by atoms with Crippen molar-refractivity contribution in [3.63, 3.8) is 0 Å². The molecule has 0 aliphatic rings. The molecule has 120 valence electrons. The summed E-state index contributed by atoms with van der Waals surface area (Å²) in [5, 5.41) is 9.09. The van der Waals surface area contributed by atoms with E-state index in [1.807, 2.05) is 0 Å². The molecule has 1 aromatic carbocycles. The van der Waals surface area contributed by atoms with Crippen molar-refractivity contribution < 1.29 is 13.5 Å². The summed E-state index contributed by atoms with van der Waals surface area (Å²) >= 11 is 0. The average molecular weight is 314 g/mol. The molecule has 1 aromatic rings. The van der Waals surface area contributed by atoms with E-state index in [2.05, 4.69) is 6.92 Å². The van der Waals surface area contributed by atoms with Gasteiger partial charge in [0.15, 0.2) is 0 Å². The molecule has 0 radical (unpaired) electrons. The van der Waals surface area contributed by atoms with Gasteiger partial charge in [-0.25, -0.2) is 8.42 Å². The van der Waals surface area contributed by atoms with E-state index >= 15 is 0 Å². The van der Waals surface area contributed by atoms with Crippen molar-refractivity contribution in [1.29, 1.82) is 0 Å². The van der Waals surface area contributed by atoms with Crippen molar-refractivity contribution >= 4 is 15.7 Å². The number of sulfonamides is 1. The number of hydrogen-bond donors (Lipinski definition) is 2. The fraction of sp³-hybridized carbons (Fsp3) is 0.600. The molecule has 5 nitrogen and oxygen atoms in total. The van der Waals surface area contributed by atoms with Crippen molar-refractivity contribution in [3.05, 3.63) is 29.8 Å². The van der Waals surface area contributed by atoms with Gasteiger partial charge in [0.05, 0.1) is 12.4 Å². The Morgan fingerprint density at radius 2 is 1.95 bits per heavy atom. The van der Waals surface area contributed by atoms with Crippen molar-refractivity contribution in [2.75, 3.05) is 25.4 Å². The molecule has 0 unspecified atom stereocenters. The van der Waals surface area contributed by atoms with Crippen LogP contribution in [0.3, 0.4) is 0 Å². The van der Waals surface area contributed by atoms with Crippen LogP contribution in [0.2, 0.25) is 0 Å². The Hall–Kier alpha value is -1.11. The first-order valence-electron chi connectivity index (χ1n) is 7.42. The Labute approximate surface area is 127 Å². The maximum absolute atomic E-state index is 12.4. The molecule has 0 amide bonds. The van der Waals surface area contributed by atoms with Gasteiger partial charge in [0.1, 0.15) is 0 Å². The third kappa shape index (κ3) is 6.46. The summed E-state index contributed by atoms with van der Waals surface area (Å²) in [6, 6.07) is 6.90. The molecular formula is C15H26N2O3S. The molecule has 0 aromatic heterocycles. The molecule has 0 spiro atoms. The van der Waals surface area contributed by atoms with E-state index in [1.165, 1.54) is 4.31 Å². The summed E-state index contributed by atoms with van der Waals surface area (Å²) in [4.78, 5) is 0. The Kier molecular flexibility index (Phi) is 7.71. The smallest absolute Gasteiger partial charge is 0.218 e. The Morgan fingerprint density at radius 1 is 1.19 bits per heavy atom. The van der Waals surface area contributed by atoms with Crippen molar-refractivity contribution in [2.45, 2.75) is 38.4 Å². The Bertz CT molecular complexity index is 517. The lowest BCUT2D eigenvalue weighted by atomic mass is 10.2. The van der Waals surface area contributed by atoms with Gasteiger partial charge in [-0.2, -0.15) is 4.31 Å². The molecule has 0 aliphatic carbocycles. The van der Waals surface area contributed by atoms with E-state index in [0.29, 0.717) is 17.8 Å². The number of unbranched alkanes of at least 4 members (excludes halogenated alkanes) is 3. The van der Waals surface area contributed by atoms with Crippen LogP contribution in [0.1, 0.15) is 38.2 Å². The molecule has 0 heterocycles. The number of rotatable bonds is 10. The number of benzene rings is 1. The predicted octanol–water partition coefficient (Wildman–Crippen LogP) is 1.97. The monoisotopic (exact) mass is 314 g/mol. The fourth-order valence-corrected chi connectivity index (χ4v) is 3.75. The van der Waals surface area contributed by atoms with Crippen LogP contribution >= 0.6 is 0 Å². The minimum atomic E-state index is -3.42. The highest BCUT2D eigenvalue weighted by atomic mass is 32.2. The number of aliphatic hydroxyl groups is 1. The second-order valence-electron chi connectivity index (χ2n) is 5.18. The SMILES string of the molecule is CCCCCCN(CCO)S(=O)(=O)Cc1cccc(N)c1. The normalized spacial score (nSPS) is 12.0. The Morgan fingerprint density at radius 3 is 2.57 bits per heavy atom. The zero-order valence-corrected chi connectivity index (χ0v) is 13.5. The molecule has 0 saturated carbocycles. The number of anilines is 1. The molecule has 0 saturated heterocycles. The van der Waals surface area contributed by atoms with Crippen LogP contribution in [0.5, 0.6) is 0 Å². The van der Waals surface area contributed by atoms with E-state index in [0.717, 1.165) is 25.7 Å². The topological polar surface area (TPSA) is 83.6 Å². The van der Waals surface area contributed by atoms with Crippen molar-refractivity contribution in [3.8, 4) is 0 Å². The number of nitrogens with two attached hydrogens (primary N) is 1. The summed E-state index contributed by atoms with van der Waals surface area (Å²) in [5.74, 6) is -0.0776. The summed E-state index contributed by atoms with van der Waals surface area (Å²) in [7, 11) is -3.42. The molecule has 0 bridgehead atoms. The largest absolute Gasteiger partial charge is 0.399 e. The first-order chi connectivity index (χ1) is 9.99. The molecule has 21 heavy (non-hydrogen) atoms. The van der Waals surface area contributed by atoms with Crippen molar-refractivity contribution in [1.82, 2.24) is 4.31 Å². The van der Waals surface area contributed by atoms with Gasteiger partial charge in [0.2, 0.25) is 10.0 Å². The van der Waals surface area contributed by atoms with Crippen LogP contribution in [0.15, 0.2) is 24.3 Å². The van der Waals surface area contributed by atoms with E-state index in [9.17, 15) is 8.42 Å². The summed E-state index contributed by atoms with van der Waals surface area (Å²) in [5.41, 5.74) is 6.90. The summed E-state index contributed by atoms with van der Waals surface area (Å²) in [6.45, 7) is 2.56. The predicted molar refractivity (Wildman–Crippen MR) is 86.3 cm³/mol. The lowest BCUT2D eigenvalue weighted by molar-refractivity contribution is 0.251. The third-order valence-electron chi connectivity index (χ3n) is 3.30. The molecule has 0 fully saturated rings. The lowest BCUT2D eigenvalue weighted by Gasteiger charge is -2.21. The Balaban J connectivity index is 2.70. The summed E-state index contributed by atoms with van der Waals surface area (Å²) in [6.07, 6.45) is 4.04. The fourth-order valence-electron chi connectivity index (χ4n) is 2.20. The van der Waals surface area contributed by atoms with Crippen LogP contribution in [0, 0.1) is 0 Å². The van der Waals surface area contributed by atoms with Gasteiger partial charge in [-0.3, -0.25) is 0 Å². The summed E-state index contributed by atoms with van der Waals surface area (Å²) < 4.78 is 26.3. The maximum Gasteiger partial charge on any atom is 0.218 e. The van der Waals surface area contributed by atoms with Gasteiger partial charge >= 0.3 is 0 Å². The molecule has 0 atom stereocenters. The molecule has 1 rings (SSSR count). The van der Waals surface area contributed by atoms with E-state index in [1.54, 1.807) is 24.3 Å². The molecule has 0 aliphatic heterocycles. The van der Waals surface area contributed by atoms with Crippen LogP contribution in [0.4, 0.5) is 5.69 Å². The van der Waals surface area contributed by atoms with Crippen LogP contribution in [0.25, 0.3) is 0 Å². The number of aliphatic hydroxyl groups excluding tert-OH is 1. The van der Waals surface area contributed by atoms with Crippen LogP contribution < -0.4 is 5.73 Å². The highest BCUT2D eigenvalue weighted by Crippen LogP contribution is 2.14. The zero-order chi connectivity index (χ0) is 15.7. The number of nitrogen functional groups attached to an aromatic ring is 1. The van der Waals surface area contributed by atoms with Gasteiger partial charge in [-0.15, -0.1) is 0 Å². The quantitative estimate of drug-likeness (QED) is 0.511. The first-order valence-corrected chi connectivity index (χ1v) is 9.03. The highest BCUT2D eigenvalue weighted by Gasteiger charge is 2.21. The van der Waals surface area contributed by atoms with E-state index in [4.69, 9.17) is 10.8 Å². The maximum atomic E-state index is 12.4. The van der Waals surface area contributed by atoms with Gasteiger partial charge in [0.25, 0.3) is 0 Å². The molecule has 6 heteroatoms. The van der Waals surface area contributed by atoms with Crippen LogP contribution in [-0.2, 0) is 15.8 Å².